The molecule has 0 aliphatic heterocycles. The fraction of sp³-hybridized carbons (Fsp3) is 0.0714. The van der Waals surface area contributed by atoms with E-state index in [1.165, 1.54) is 0 Å². The maximum atomic E-state index is 8.78. The lowest BCUT2D eigenvalue weighted by Crippen LogP contribution is -2.01. The van der Waals surface area contributed by atoms with Crippen molar-refractivity contribution < 1.29 is 0 Å². The van der Waals surface area contributed by atoms with E-state index in [-0.39, 0.29) is 0 Å². The first kappa shape index (κ1) is 15.3. The number of anilines is 1. The SMILES string of the molecule is N#Cc1ccc(CNc2cc(Cl)c(Cl)cc2Cl)c(Cl)c1. The van der Waals surface area contributed by atoms with E-state index in [1.54, 1.807) is 30.3 Å². The Kier molecular flexibility index (Phi) is 5.01. The lowest BCUT2D eigenvalue weighted by molar-refractivity contribution is 1.15. The number of halogens is 4. The summed E-state index contributed by atoms with van der Waals surface area (Å²) in [6.07, 6.45) is 0. The zero-order valence-corrected chi connectivity index (χ0v) is 13.1. The van der Waals surface area contributed by atoms with Crippen LogP contribution in [0.4, 0.5) is 5.69 Å². The number of benzene rings is 2. The predicted molar refractivity (Wildman–Crippen MR) is 85.0 cm³/mol. The van der Waals surface area contributed by atoms with Crippen molar-refractivity contribution in [2.75, 3.05) is 5.32 Å². The van der Waals surface area contributed by atoms with E-state index in [2.05, 4.69) is 5.32 Å². The van der Waals surface area contributed by atoms with Gasteiger partial charge in [-0.2, -0.15) is 5.26 Å². The number of nitrogens with zero attached hydrogens (tertiary/aromatic N) is 1. The Bertz CT molecular complexity index is 692. The summed E-state index contributed by atoms with van der Waals surface area (Å²) < 4.78 is 0. The first-order chi connectivity index (χ1) is 9.51. The van der Waals surface area contributed by atoms with Crippen molar-refractivity contribution in [1.82, 2.24) is 0 Å². The standard InChI is InChI=1S/C14H8Cl4N2/c15-10-3-8(6-19)1-2-9(10)7-20-14-5-12(17)11(16)4-13(14)18/h1-5,20H,7H2. The van der Waals surface area contributed by atoms with E-state index in [1.807, 2.05) is 6.07 Å². The van der Waals surface area contributed by atoms with E-state index in [9.17, 15) is 0 Å². The molecule has 2 rings (SSSR count). The second-order valence-corrected chi connectivity index (χ2v) is 5.65. The van der Waals surface area contributed by atoms with Gasteiger partial charge in [0.05, 0.1) is 32.4 Å². The van der Waals surface area contributed by atoms with E-state index in [0.717, 1.165) is 5.56 Å². The number of rotatable bonds is 3. The highest BCUT2D eigenvalue weighted by atomic mass is 35.5. The summed E-state index contributed by atoms with van der Waals surface area (Å²) in [5.41, 5.74) is 2.04. The molecule has 102 valence electrons. The quantitative estimate of drug-likeness (QED) is 0.715. The Morgan fingerprint density at radius 2 is 1.60 bits per heavy atom. The Balaban J connectivity index is 2.17. The van der Waals surface area contributed by atoms with Gasteiger partial charge >= 0.3 is 0 Å². The lowest BCUT2D eigenvalue weighted by Gasteiger charge is -2.11. The third-order valence-electron chi connectivity index (χ3n) is 2.66. The molecular formula is C14H8Cl4N2. The molecule has 0 aliphatic carbocycles. The molecule has 1 N–H and O–H groups in total. The van der Waals surface area contributed by atoms with Crippen LogP contribution in [-0.2, 0) is 6.54 Å². The van der Waals surface area contributed by atoms with E-state index in [4.69, 9.17) is 51.7 Å². The van der Waals surface area contributed by atoms with Crippen LogP contribution in [0.15, 0.2) is 30.3 Å². The van der Waals surface area contributed by atoms with Crippen LogP contribution in [0.1, 0.15) is 11.1 Å². The molecule has 6 heteroatoms. The van der Waals surface area contributed by atoms with Crippen LogP contribution in [0, 0.1) is 11.3 Å². The molecule has 0 heterocycles. The lowest BCUT2D eigenvalue weighted by atomic mass is 10.1. The molecule has 0 radical (unpaired) electrons. The summed E-state index contributed by atoms with van der Waals surface area (Å²) in [7, 11) is 0. The molecule has 0 atom stereocenters. The van der Waals surface area contributed by atoms with E-state index in [0.29, 0.717) is 37.9 Å². The van der Waals surface area contributed by atoms with Gasteiger partial charge in [-0.15, -0.1) is 0 Å². The normalized spacial score (nSPS) is 10.2. The van der Waals surface area contributed by atoms with E-state index < -0.39 is 0 Å². The number of hydrogen-bond donors (Lipinski definition) is 1. The zero-order valence-electron chi connectivity index (χ0n) is 10.1. The highest BCUT2D eigenvalue weighted by Crippen LogP contribution is 2.32. The number of nitriles is 1. The van der Waals surface area contributed by atoms with Gasteiger partial charge in [0.1, 0.15) is 0 Å². The largest absolute Gasteiger partial charge is 0.380 e. The predicted octanol–water partition coefficient (Wildman–Crippen LogP) is 5.78. The molecule has 0 fully saturated rings. The van der Waals surface area contributed by atoms with Crippen LogP contribution in [-0.4, -0.2) is 0 Å². The van der Waals surface area contributed by atoms with Gasteiger partial charge in [-0.3, -0.25) is 0 Å². The maximum Gasteiger partial charge on any atom is 0.0992 e. The second kappa shape index (κ2) is 6.56. The van der Waals surface area contributed by atoms with Gasteiger partial charge in [0.15, 0.2) is 0 Å². The molecule has 2 aromatic rings. The first-order valence-electron chi connectivity index (χ1n) is 5.58. The average molecular weight is 346 g/mol. The highest BCUT2D eigenvalue weighted by Gasteiger charge is 2.07. The smallest absolute Gasteiger partial charge is 0.0992 e. The van der Waals surface area contributed by atoms with Crippen molar-refractivity contribution in [2.24, 2.45) is 0 Å². The monoisotopic (exact) mass is 344 g/mol. The summed E-state index contributed by atoms with van der Waals surface area (Å²) in [6, 6.07) is 10.4. The molecular weight excluding hydrogens is 338 g/mol. The fourth-order valence-corrected chi connectivity index (χ4v) is 2.47. The van der Waals surface area contributed by atoms with Crippen LogP contribution in [0.5, 0.6) is 0 Å². The van der Waals surface area contributed by atoms with Crippen molar-refractivity contribution in [3.63, 3.8) is 0 Å². The summed E-state index contributed by atoms with van der Waals surface area (Å²) >= 11 is 24.0. The van der Waals surface area contributed by atoms with Gasteiger partial charge in [-0.05, 0) is 29.8 Å². The minimum Gasteiger partial charge on any atom is -0.380 e. The number of nitrogens with one attached hydrogen (secondary N) is 1. The van der Waals surface area contributed by atoms with Crippen molar-refractivity contribution >= 4 is 52.1 Å². The Labute approximate surface area is 136 Å². The Morgan fingerprint density at radius 1 is 0.900 bits per heavy atom. The summed E-state index contributed by atoms with van der Waals surface area (Å²) in [5, 5.41) is 13.7. The third-order valence-corrected chi connectivity index (χ3v) is 4.05. The topological polar surface area (TPSA) is 35.8 Å². The minimum atomic E-state index is 0.402. The Morgan fingerprint density at radius 3 is 2.25 bits per heavy atom. The van der Waals surface area contributed by atoms with Crippen LogP contribution in [0.3, 0.4) is 0 Å². The Hall–Kier alpha value is -1.11. The molecule has 0 bridgehead atoms. The molecule has 0 saturated carbocycles. The zero-order chi connectivity index (χ0) is 14.7. The minimum absolute atomic E-state index is 0.402. The summed E-state index contributed by atoms with van der Waals surface area (Å²) in [4.78, 5) is 0. The van der Waals surface area contributed by atoms with Gasteiger partial charge in [-0.1, -0.05) is 52.5 Å². The van der Waals surface area contributed by atoms with Crippen LogP contribution >= 0.6 is 46.4 Å². The maximum absolute atomic E-state index is 8.78. The van der Waals surface area contributed by atoms with Crippen molar-refractivity contribution in [3.05, 3.63) is 61.5 Å². The van der Waals surface area contributed by atoms with Crippen molar-refractivity contribution in [3.8, 4) is 6.07 Å². The molecule has 0 aromatic heterocycles. The highest BCUT2D eigenvalue weighted by molar-refractivity contribution is 6.44. The molecule has 0 unspecified atom stereocenters. The van der Waals surface area contributed by atoms with Crippen molar-refractivity contribution in [2.45, 2.75) is 6.54 Å². The average Bonchev–Trinajstić information content (AvgIpc) is 2.42. The summed E-state index contributed by atoms with van der Waals surface area (Å²) in [5.74, 6) is 0. The molecule has 0 saturated heterocycles. The molecule has 0 spiro atoms. The molecule has 20 heavy (non-hydrogen) atoms. The van der Waals surface area contributed by atoms with Crippen LogP contribution in [0.2, 0.25) is 20.1 Å². The van der Waals surface area contributed by atoms with Crippen LogP contribution in [0.25, 0.3) is 0 Å². The van der Waals surface area contributed by atoms with Gasteiger partial charge in [0, 0.05) is 11.6 Å². The van der Waals surface area contributed by atoms with E-state index >= 15 is 0 Å². The summed E-state index contributed by atoms with van der Waals surface area (Å²) in [6.45, 7) is 0.461. The molecule has 0 amide bonds. The van der Waals surface area contributed by atoms with Gasteiger partial charge < -0.3 is 5.32 Å². The van der Waals surface area contributed by atoms with Crippen LogP contribution < -0.4 is 5.32 Å². The molecule has 2 nitrogen and oxygen atoms in total. The second-order valence-electron chi connectivity index (χ2n) is 4.02. The fourth-order valence-electron chi connectivity index (χ4n) is 1.61. The molecule has 2 aromatic carbocycles. The third kappa shape index (κ3) is 3.50. The van der Waals surface area contributed by atoms with Crippen molar-refractivity contribution in [1.29, 1.82) is 5.26 Å². The van der Waals surface area contributed by atoms with Gasteiger partial charge in [-0.25, -0.2) is 0 Å². The van der Waals surface area contributed by atoms with Gasteiger partial charge in [0.25, 0.3) is 0 Å². The van der Waals surface area contributed by atoms with Gasteiger partial charge in [0.2, 0.25) is 0 Å². The first-order valence-corrected chi connectivity index (χ1v) is 7.09. The number of hydrogen-bond acceptors (Lipinski definition) is 2. The molecule has 0 aliphatic rings.